The number of halogens is 1. The van der Waals surface area contributed by atoms with Crippen LogP contribution in [0.4, 0.5) is 0 Å². The minimum atomic E-state index is -0.399. The van der Waals surface area contributed by atoms with E-state index in [2.05, 4.69) is 24.4 Å². The predicted octanol–water partition coefficient (Wildman–Crippen LogP) is 4.09. The molecule has 0 aliphatic rings. The van der Waals surface area contributed by atoms with Crippen molar-refractivity contribution in [1.82, 2.24) is 5.43 Å². The van der Waals surface area contributed by atoms with Crippen molar-refractivity contribution in [2.45, 2.75) is 26.2 Å². The first kappa shape index (κ1) is 18.8. The van der Waals surface area contributed by atoms with E-state index in [1.54, 1.807) is 12.1 Å². The number of rotatable bonds is 7. The van der Waals surface area contributed by atoms with Crippen LogP contribution in [0.25, 0.3) is 0 Å². The fourth-order valence-electron chi connectivity index (χ4n) is 2.11. The summed E-state index contributed by atoms with van der Waals surface area (Å²) in [4.78, 5) is 11.7. The van der Waals surface area contributed by atoms with E-state index in [9.17, 15) is 9.90 Å². The largest absolute Gasteiger partial charge is 0.507 e. The molecular weight excluding hydrogens is 340 g/mol. The molecular formula is C19H21ClN2O3. The number of nitrogens with one attached hydrogen (secondary N) is 1. The number of carbonyl (C=O) groups is 1. The molecule has 1 amide bonds. The average molecular weight is 361 g/mol. The number of ether oxygens (including phenoxy) is 1. The second kappa shape index (κ2) is 9.08. The van der Waals surface area contributed by atoms with E-state index < -0.39 is 5.91 Å². The molecule has 0 aromatic heterocycles. The fraction of sp³-hybridized carbons (Fsp3) is 0.263. The number of hydrogen-bond donors (Lipinski definition) is 2. The Bertz CT molecular complexity index is 745. The third-order valence-corrected chi connectivity index (χ3v) is 4.05. The molecule has 0 spiro atoms. The molecule has 0 aliphatic carbocycles. The van der Waals surface area contributed by atoms with E-state index in [4.69, 9.17) is 16.3 Å². The fourth-order valence-corrected chi connectivity index (χ4v) is 2.29. The normalized spacial score (nSPS) is 12.1. The van der Waals surface area contributed by atoms with Crippen molar-refractivity contribution in [3.05, 3.63) is 58.6 Å². The summed E-state index contributed by atoms with van der Waals surface area (Å²) in [6.45, 7) is 4.16. The van der Waals surface area contributed by atoms with Crippen LogP contribution < -0.4 is 10.2 Å². The summed E-state index contributed by atoms with van der Waals surface area (Å²) in [6.07, 6.45) is 2.39. The molecule has 0 aliphatic heterocycles. The van der Waals surface area contributed by atoms with Crippen molar-refractivity contribution in [3.63, 3.8) is 0 Å². The van der Waals surface area contributed by atoms with Crippen LogP contribution in [0.3, 0.4) is 0 Å². The molecule has 6 heteroatoms. The number of aromatic hydroxyl groups is 1. The van der Waals surface area contributed by atoms with E-state index in [-0.39, 0.29) is 12.4 Å². The van der Waals surface area contributed by atoms with Crippen LogP contribution in [-0.2, 0) is 4.79 Å². The average Bonchev–Trinajstić information content (AvgIpc) is 2.62. The molecule has 0 fully saturated rings. The van der Waals surface area contributed by atoms with Crippen molar-refractivity contribution in [2.24, 2.45) is 5.10 Å². The molecule has 0 unspecified atom stereocenters. The Labute approximate surface area is 152 Å². The SMILES string of the molecule is CC[C@H](C)c1ccc(OCC(=O)N/N=C/c2cc(Cl)ccc2O)cc1. The van der Waals surface area contributed by atoms with E-state index in [0.717, 1.165) is 6.42 Å². The Morgan fingerprint density at radius 1 is 1.32 bits per heavy atom. The molecule has 1 atom stereocenters. The number of phenols is 1. The highest BCUT2D eigenvalue weighted by molar-refractivity contribution is 6.30. The molecule has 0 heterocycles. The van der Waals surface area contributed by atoms with Crippen LogP contribution in [-0.4, -0.2) is 23.8 Å². The highest BCUT2D eigenvalue weighted by Gasteiger charge is 2.05. The van der Waals surface area contributed by atoms with Gasteiger partial charge in [0.05, 0.1) is 6.21 Å². The first-order chi connectivity index (χ1) is 12.0. The van der Waals surface area contributed by atoms with E-state index >= 15 is 0 Å². The Morgan fingerprint density at radius 3 is 2.72 bits per heavy atom. The van der Waals surface area contributed by atoms with Crippen molar-refractivity contribution >= 4 is 23.7 Å². The summed E-state index contributed by atoms with van der Waals surface area (Å²) in [5.41, 5.74) is 3.99. The molecule has 2 aromatic rings. The van der Waals surface area contributed by atoms with Crippen LogP contribution >= 0.6 is 11.6 Å². The lowest BCUT2D eigenvalue weighted by atomic mass is 9.99. The molecule has 5 nitrogen and oxygen atoms in total. The first-order valence-electron chi connectivity index (χ1n) is 8.02. The Balaban J connectivity index is 1.82. The van der Waals surface area contributed by atoms with Gasteiger partial charge in [-0.15, -0.1) is 0 Å². The third-order valence-electron chi connectivity index (χ3n) is 3.81. The Kier molecular flexibility index (Phi) is 6.83. The minimum Gasteiger partial charge on any atom is -0.507 e. The van der Waals surface area contributed by atoms with Gasteiger partial charge in [-0.2, -0.15) is 5.10 Å². The number of benzene rings is 2. The molecule has 0 radical (unpaired) electrons. The number of hydrogen-bond acceptors (Lipinski definition) is 4. The second-order valence-corrected chi connectivity index (χ2v) is 6.10. The summed E-state index contributed by atoms with van der Waals surface area (Å²) in [6, 6.07) is 12.3. The summed E-state index contributed by atoms with van der Waals surface area (Å²) < 4.78 is 5.43. The zero-order valence-corrected chi connectivity index (χ0v) is 15.0. The van der Waals surface area contributed by atoms with Gasteiger partial charge in [-0.25, -0.2) is 5.43 Å². The lowest BCUT2D eigenvalue weighted by Gasteiger charge is -2.10. The molecule has 0 saturated carbocycles. The summed E-state index contributed by atoms with van der Waals surface area (Å²) in [5, 5.41) is 13.9. The molecule has 2 rings (SSSR count). The Morgan fingerprint density at radius 2 is 2.04 bits per heavy atom. The summed E-state index contributed by atoms with van der Waals surface area (Å²) >= 11 is 5.84. The molecule has 25 heavy (non-hydrogen) atoms. The summed E-state index contributed by atoms with van der Waals surface area (Å²) in [7, 11) is 0. The van der Waals surface area contributed by atoms with Crippen LogP contribution in [0.2, 0.25) is 5.02 Å². The van der Waals surface area contributed by atoms with Gasteiger partial charge in [0, 0.05) is 10.6 Å². The van der Waals surface area contributed by atoms with Crippen LogP contribution in [0.1, 0.15) is 37.3 Å². The highest BCUT2D eigenvalue weighted by Crippen LogP contribution is 2.21. The van der Waals surface area contributed by atoms with Gasteiger partial charge in [0.25, 0.3) is 5.91 Å². The highest BCUT2D eigenvalue weighted by atomic mass is 35.5. The molecule has 0 bridgehead atoms. The molecule has 2 N–H and O–H groups in total. The van der Waals surface area contributed by atoms with Crippen molar-refractivity contribution < 1.29 is 14.6 Å². The predicted molar refractivity (Wildman–Crippen MR) is 99.5 cm³/mol. The number of amides is 1. The van der Waals surface area contributed by atoms with Gasteiger partial charge in [-0.1, -0.05) is 37.6 Å². The van der Waals surface area contributed by atoms with Crippen molar-refractivity contribution in [3.8, 4) is 11.5 Å². The standard InChI is InChI=1S/C19H21ClN2O3/c1-3-13(2)14-4-7-17(8-5-14)25-12-19(24)22-21-11-15-10-16(20)6-9-18(15)23/h4-11,13,23H,3,12H2,1-2H3,(H,22,24)/b21-11+/t13-/m0/s1. The third kappa shape index (κ3) is 5.80. The zero-order valence-electron chi connectivity index (χ0n) is 14.2. The van der Waals surface area contributed by atoms with E-state index in [0.29, 0.717) is 22.3 Å². The Hall–Kier alpha value is -2.53. The smallest absolute Gasteiger partial charge is 0.277 e. The van der Waals surface area contributed by atoms with Gasteiger partial charge in [0.1, 0.15) is 11.5 Å². The van der Waals surface area contributed by atoms with E-state index in [1.807, 2.05) is 24.3 Å². The topological polar surface area (TPSA) is 70.9 Å². The lowest BCUT2D eigenvalue weighted by molar-refractivity contribution is -0.123. The van der Waals surface area contributed by atoms with Gasteiger partial charge in [0.15, 0.2) is 6.61 Å². The van der Waals surface area contributed by atoms with Crippen LogP contribution in [0.15, 0.2) is 47.6 Å². The van der Waals surface area contributed by atoms with Gasteiger partial charge >= 0.3 is 0 Å². The summed E-state index contributed by atoms with van der Waals surface area (Å²) in [5.74, 6) is 0.747. The maximum atomic E-state index is 11.7. The number of nitrogens with zero attached hydrogens (tertiary/aromatic N) is 1. The second-order valence-electron chi connectivity index (χ2n) is 5.66. The maximum absolute atomic E-state index is 11.7. The molecule has 2 aromatic carbocycles. The molecule has 132 valence electrons. The minimum absolute atomic E-state index is 0.0278. The number of carbonyl (C=O) groups excluding carboxylic acids is 1. The maximum Gasteiger partial charge on any atom is 0.277 e. The number of phenolic OH excluding ortho intramolecular Hbond substituents is 1. The number of hydrazone groups is 1. The molecule has 0 saturated heterocycles. The van der Waals surface area contributed by atoms with E-state index in [1.165, 1.54) is 17.8 Å². The van der Waals surface area contributed by atoms with Crippen LogP contribution in [0, 0.1) is 0 Å². The lowest BCUT2D eigenvalue weighted by Crippen LogP contribution is -2.24. The zero-order chi connectivity index (χ0) is 18.2. The van der Waals surface area contributed by atoms with Crippen LogP contribution in [0.5, 0.6) is 11.5 Å². The van der Waals surface area contributed by atoms with Gasteiger partial charge in [0.2, 0.25) is 0 Å². The quantitative estimate of drug-likeness (QED) is 0.577. The van der Waals surface area contributed by atoms with Gasteiger partial charge in [-0.05, 0) is 48.2 Å². The van der Waals surface area contributed by atoms with Crippen molar-refractivity contribution in [2.75, 3.05) is 6.61 Å². The monoisotopic (exact) mass is 360 g/mol. The van der Waals surface area contributed by atoms with Crippen molar-refractivity contribution in [1.29, 1.82) is 0 Å². The van der Waals surface area contributed by atoms with Gasteiger partial charge in [-0.3, -0.25) is 4.79 Å². The first-order valence-corrected chi connectivity index (χ1v) is 8.40. The van der Waals surface area contributed by atoms with Gasteiger partial charge < -0.3 is 9.84 Å².